The van der Waals surface area contributed by atoms with Crippen LogP contribution in [0.25, 0.3) is 16.8 Å². The lowest BCUT2D eigenvalue weighted by molar-refractivity contribution is -0.133. The van der Waals surface area contributed by atoms with E-state index in [1.807, 2.05) is 56.5 Å². The molecule has 270 valence electrons. The third-order valence-corrected chi connectivity index (χ3v) is 9.90. The van der Waals surface area contributed by atoms with E-state index in [2.05, 4.69) is 71.5 Å². The minimum absolute atomic E-state index is 0.0306. The summed E-state index contributed by atoms with van der Waals surface area (Å²) in [5.41, 5.74) is 7.97. The van der Waals surface area contributed by atoms with Crippen LogP contribution in [0.5, 0.6) is 0 Å². The Kier molecular flexibility index (Phi) is 9.87. The molecule has 1 unspecified atom stereocenters. The number of aryl methyl sites for hydroxylation is 2. The van der Waals surface area contributed by atoms with Gasteiger partial charge >= 0.3 is 0 Å². The van der Waals surface area contributed by atoms with Crippen LogP contribution >= 0.6 is 0 Å². The van der Waals surface area contributed by atoms with Crippen LogP contribution < -0.4 is 16.0 Å². The molecule has 3 aromatic heterocycles. The molecule has 0 saturated carbocycles. The van der Waals surface area contributed by atoms with E-state index in [1.54, 1.807) is 6.33 Å². The molecule has 2 aliphatic rings. The molecule has 0 aliphatic carbocycles. The van der Waals surface area contributed by atoms with Crippen molar-refractivity contribution in [2.75, 3.05) is 25.0 Å². The first-order chi connectivity index (χ1) is 25.0. The van der Waals surface area contributed by atoms with E-state index >= 15 is 0 Å². The molecule has 2 aliphatic heterocycles. The molecule has 0 bridgehead atoms. The summed E-state index contributed by atoms with van der Waals surface area (Å²) in [6.07, 6.45) is 7.74. The number of unbranched alkanes of at least 4 members (excludes halogenated alkanes) is 1. The molecule has 13 heteroatoms. The van der Waals surface area contributed by atoms with Crippen LogP contribution in [0.3, 0.4) is 0 Å². The molecule has 52 heavy (non-hydrogen) atoms. The fraction of sp³-hybridized carbons (Fsp3) is 0.410. The maximum absolute atomic E-state index is 12.7. The predicted octanol–water partition coefficient (Wildman–Crippen LogP) is 4.95. The zero-order chi connectivity index (χ0) is 36.4. The van der Waals surface area contributed by atoms with Crippen LogP contribution in [0.1, 0.15) is 91.1 Å². The number of benzene rings is 2. The van der Waals surface area contributed by atoms with Crippen LogP contribution in [-0.4, -0.2) is 73.0 Å². The number of nitrogens with one attached hydrogen (secondary N) is 3. The van der Waals surface area contributed by atoms with Crippen molar-refractivity contribution >= 4 is 28.9 Å². The molecule has 5 aromatic rings. The Morgan fingerprint density at radius 3 is 2.60 bits per heavy atom. The number of rotatable bonds is 12. The molecule has 0 spiro atoms. The molecule has 7 rings (SSSR count). The lowest BCUT2D eigenvalue weighted by Crippen LogP contribution is -2.47. The number of fused-ring (bicyclic) bond motifs is 1. The summed E-state index contributed by atoms with van der Waals surface area (Å²) in [5.74, 6) is 0.143. The van der Waals surface area contributed by atoms with E-state index in [0.29, 0.717) is 31.2 Å². The number of hydrogen-bond acceptors (Lipinski definition) is 10. The standard InChI is InChI=1S/C39H45N9O4/c1-24-17-27(8-9-28(24)19-40-37(51)35-45-38(52-46-35)39(2,3)4)34-32-18-25(20-48(32)42-23-41-34)7-5-6-16-47-21-29(22-47)26-10-12-30(13-11-26)43-31-14-15-33(49)44-36(31)50/h8-13,17-18,20,23,29,31,43H,5-7,14-16,19,21-22H2,1-4H3,(H,40,51)(H,44,49,50). The van der Waals surface area contributed by atoms with Gasteiger partial charge in [-0.05, 0) is 85.7 Å². The summed E-state index contributed by atoms with van der Waals surface area (Å²) in [6, 6.07) is 16.3. The van der Waals surface area contributed by atoms with Gasteiger partial charge in [-0.1, -0.05) is 50.2 Å². The topological polar surface area (TPSA) is 160 Å². The number of carbonyl (C=O) groups excluding carboxylic acids is 3. The molecule has 2 saturated heterocycles. The summed E-state index contributed by atoms with van der Waals surface area (Å²) < 4.78 is 7.16. The number of amides is 3. The summed E-state index contributed by atoms with van der Waals surface area (Å²) in [7, 11) is 0. The van der Waals surface area contributed by atoms with Crippen LogP contribution in [0.4, 0.5) is 5.69 Å². The maximum atomic E-state index is 12.7. The van der Waals surface area contributed by atoms with Crippen molar-refractivity contribution in [2.45, 2.75) is 83.7 Å². The SMILES string of the molecule is Cc1cc(-c2ncnn3cc(CCCCN4CC(c5ccc(NC6CCC(=O)NC6=O)cc5)C4)cc23)ccc1CNC(=O)c1noc(C(C)(C)C)n1. The third-order valence-electron chi connectivity index (χ3n) is 9.90. The van der Waals surface area contributed by atoms with Crippen molar-refractivity contribution in [1.82, 2.24) is 40.3 Å². The van der Waals surface area contributed by atoms with Crippen molar-refractivity contribution in [3.8, 4) is 11.3 Å². The average Bonchev–Trinajstić information content (AvgIpc) is 3.77. The molecule has 3 amide bonds. The van der Waals surface area contributed by atoms with Gasteiger partial charge in [0, 0.05) is 54.8 Å². The van der Waals surface area contributed by atoms with E-state index in [-0.39, 0.29) is 35.0 Å². The highest BCUT2D eigenvalue weighted by atomic mass is 16.5. The van der Waals surface area contributed by atoms with Crippen LogP contribution in [0.15, 0.2) is 65.6 Å². The largest absolute Gasteiger partial charge is 0.374 e. The monoisotopic (exact) mass is 703 g/mol. The summed E-state index contributed by atoms with van der Waals surface area (Å²) in [4.78, 5) is 47.5. The van der Waals surface area contributed by atoms with Gasteiger partial charge in [-0.3, -0.25) is 19.7 Å². The second-order valence-corrected chi connectivity index (χ2v) is 15.0. The van der Waals surface area contributed by atoms with E-state index < -0.39 is 0 Å². The van der Waals surface area contributed by atoms with Crippen molar-refractivity contribution in [1.29, 1.82) is 0 Å². The molecule has 3 N–H and O–H groups in total. The minimum atomic E-state index is -0.375. The molecular formula is C39H45N9O4. The summed E-state index contributed by atoms with van der Waals surface area (Å²) in [5, 5.41) is 16.9. The molecular weight excluding hydrogens is 658 g/mol. The Morgan fingerprint density at radius 1 is 1.06 bits per heavy atom. The average molecular weight is 704 g/mol. The highest BCUT2D eigenvalue weighted by Crippen LogP contribution is 2.29. The number of piperidine rings is 1. The molecule has 2 aromatic carbocycles. The van der Waals surface area contributed by atoms with E-state index in [4.69, 9.17) is 4.52 Å². The Bertz CT molecular complexity index is 2090. The maximum Gasteiger partial charge on any atom is 0.292 e. The van der Waals surface area contributed by atoms with Gasteiger partial charge in [-0.25, -0.2) is 9.50 Å². The molecule has 0 radical (unpaired) electrons. The number of nitrogens with zero attached hydrogens (tertiary/aromatic N) is 6. The first-order valence-corrected chi connectivity index (χ1v) is 18.0. The number of likely N-dealkylation sites (tertiary alicyclic amines) is 1. The molecule has 2 fully saturated rings. The predicted molar refractivity (Wildman–Crippen MR) is 196 cm³/mol. The number of hydrogen-bond donors (Lipinski definition) is 3. The number of aromatic nitrogens is 5. The van der Waals surface area contributed by atoms with Gasteiger partial charge in [0.1, 0.15) is 12.4 Å². The van der Waals surface area contributed by atoms with Gasteiger partial charge in [-0.15, -0.1) is 0 Å². The van der Waals surface area contributed by atoms with Gasteiger partial charge in [0.25, 0.3) is 11.7 Å². The second-order valence-electron chi connectivity index (χ2n) is 15.0. The highest BCUT2D eigenvalue weighted by Gasteiger charge is 2.29. The number of carbonyl (C=O) groups is 3. The van der Waals surface area contributed by atoms with Crippen LogP contribution in [-0.2, 0) is 28.0 Å². The molecule has 13 nitrogen and oxygen atoms in total. The first-order valence-electron chi connectivity index (χ1n) is 18.0. The Hall–Kier alpha value is -5.43. The molecule has 5 heterocycles. The quantitative estimate of drug-likeness (QED) is 0.120. The van der Waals surface area contributed by atoms with Gasteiger partial charge in [0.15, 0.2) is 0 Å². The smallest absolute Gasteiger partial charge is 0.292 e. The summed E-state index contributed by atoms with van der Waals surface area (Å²) in [6.45, 7) is 11.4. The van der Waals surface area contributed by atoms with Crippen molar-refractivity contribution in [2.24, 2.45) is 0 Å². The number of anilines is 1. The minimum Gasteiger partial charge on any atom is -0.374 e. The van der Waals surface area contributed by atoms with Gasteiger partial charge < -0.3 is 20.1 Å². The van der Waals surface area contributed by atoms with E-state index in [9.17, 15) is 14.4 Å². The normalized spacial score (nSPS) is 16.9. The van der Waals surface area contributed by atoms with Crippen LogP contribution in [0, 0.1) is 6.92 Å². The molecule has 1 atom stereocenters. The van der Waals surface area contributed by atoms with E-state index in [1.165, 1.54) is 11.1 Å². The van der Waals surface area contributed by atoms with Crippen molar-refractivity contribution in [3.63, 3.8) is 0 Å². The van der Waals surface area contributed by atoms with Crippen LogP contribution in [0.2, 0.25) is 0 Å². The van der Waals surface area contributed by atoms with Gasteiger partial charge in [0.05, 0.1) is 11.2 Å². The van der Waals surface area contributed by atoms with E-state index in [0.717, 1.165) is 72.5 Å². The number of imide groups is 1. The van der Waals surface area contributed by atoms with Crippen molar-refractivity contribution < 1.29 is 18.9 Å². The third kappa shape index (κ3) is 7.89. The summed E-state index contributed by atoms with van der Waals surface area (Å²) >= 11 is 0. The fourth-order valence-electron chi connectivity index (χ4n) is 6.77. The first kappa shape index (κ1) is 35.0. The Balaban J connectivity index is 0.870. The lowest BCUT2D eigenvalue weighted by Gasteiger charge is -2.39. The Morgan fingerprint density at radius 2 is 1.87 bits per heavy atom. The van der Waals surface area contributed by atoms with Crippen molar-refractivity contribution in [3.05, 3.63) is 95.0 Å². The zero-order valence-electron chi connectivity index (χ0n) is 30.1. The zero-order valence-corrected chi connectivity index (χ0v) is 30.1. The van der Waals surface area contributed by atoms with Gasteiger partial charge in [0.2, 0.25) is 17.7 Å². The highest BCUT2D eigenvalue weighted by molar-refractivity contribution is 6.01. The lowest BCUT2D eigenvalue weighted by atomic mass is 9.91. The fourth-order valence-corrected chi connectivity index (χ4v) is 6.77. The van der Waals surface area contributed by atoms with Gasteiger partial charge in [-0.2, -0.15) is 10.1 Å². The Labute approximate surface area is 302 Å². The second kappa shape index (κ2) is 14.7.